The number of thioether (sulfide) groups is 1. The van der Waals surface area contributed by atoms with Crippen molar-refractivity contribution < 1.29 is 0 Å². The maximum Gasteiger partial charge on any atom is 0.189 e. The number of hydrogen-bond acceptors (Lipinski definition) is 7. The maximum absolute atomic E-state index is 4.59. The number of aryl methyl sites for hydroxylation is 1. The van der Waals surface area contributed by atoms with Gasteiger partial charge in [-0.3, -0.25) is 4.68 Å². The first-order chi connectivity index (χ1) is 11.3. The summed E-state index contributed by atoms with van der Waals surface area (Å²) in [5, 5.41) is 12.3. The lowest BCUT2D eigenvalue weighted by atomic mass is 10.0. The molecule has 0 amide bonds. The molecule has 0 aliphatic carbocycles. The van der Waals surface area contributed by atoms with E-state index in [0.29, 0.717) is 6.04 Å². The van der Waals surface area contributed by atoms with Crippen LogP contribution >= 0.6 is 11.8 Å². The smallest absolute Gasteiger partial charge is 0.189 e. The minimum absolute atomic E-state index is 0.601. The van der Waals surface area contributed by atoms with Gasteiger partial charge < -0.3 is 10.2 Å². The van der Waals surface area contributed by atoms with Crippen LogP contribution in [0.1, 0.15) is 19.3 Å². The number of piperidine rings is 1. The number of anilines is 1. The van der Waals surface area contributed by atoms with Crippen LogP contribution in [0.4, 0.5) is 5.82 Å². The van der Waals surface area contributed by atoms with Crippen LogP contribution in [-0.2, 0) is 6.54 Å². The predicted octanol–water partition coefficient (Wildman–Crippen LogP) is 1.44. The molecule has 0 atom stereocenters. The normalized spacial score (nSPS) is 16.0. The number of nitrogens with one attached hydrogen (secondary N) is 1. The third-order valence-electron chi connectivity index (χ3n) is 4.09. The summed E-state index contributed by atoms with van der Waals surface area (Å²) in [6.45, 7) is 4.04. The van der Waals surface area contributed by atoms with E-state index in [2.05, 4.69) is 30.5 Å². The topological polar surface area (TPSA) is 71.8 Å². The Bertz CT molecular complexity index is 581. The van der Waals surface area contributed by atoms with Crippen LogP contribution < -0.4 is 10.2 Å². The fourth-order valence-electron chi connectivity index (χ4n) is 2.82. The highest BCUT2D eigenvalue weighted by Gasteiger charge is 2.19. The molecule has 3 rings (SSSR count). The van der Waals surface area contributed by atoms with Crippen molar-refractivity contribution >= 4 is 17.6 Å². The van der Waals surface area contributed by atoms with Crippen LogP contribution in [0, 0.1) is 0 Å². The molecule has 1 N–H and O–H groups in total. The predicted molar refractivity (Wildman–Crippen MR) is 91.7 cm³/mol. The van der Waals surface area contributed by atoms with Crippen molar-refractivity contribution in [2.45, 2.75) is 37.0 Å². The van der Waals surface area contributed by atoms with Gasteiger partial charge in [0, 0.05) is 38.1 Å². The van der Waals surface area contributed by atoms with E-state index >= 15 is 0 Å². The van der Waals surface area contributed by atoms with E-state index < -0.39 is 0 Å². The van der Waals surface area contributed by atoms with Gasteiger partial charge in [-0.15, -0.1) is 5.10 Å². The quantitative estimate of drug-likeness (QED) is 0.467. The van der Waals surface area contributed by atoms with E-state index in [0.717, 1.165) is 56.4 Å². The lowest BCUT2D eigenvalue weighted by Crippen LogP contribution is -2.43. The summed E-state index contributed by atoms with van der Waals surface area (Å²) >= 11 is 1.59. The first-order valence-electron chi connectivity index (χ1n) is 8.04. The van der Waals surface area contributed by atoms with Crippen LogP contribution in [0.5, 0.6) is 0 Å². The number of rotatable bonds is 7. The molecule has 0 radical (unpaired) electrons. The van der Waals surface area contributed by atoms with E-state index in [4.69, 9.17) is 0 Å². The van der Waals surface area contributed by atoms with Gasteiger partial charge in [-0.2, -0.15) is 0 Å². The van der Waals surface area contributed by atoms with E-state index in [1.807, 2.05) is 29.4 Å². The molecule has 0 aromatic carbocycles. The van der Waals surface area contributed by atoms with E-state index in [1.54, 1.807) is 18.0 Å². The van der Waals surface area contributed by atoms with Crippen molar-refractivity contribution in [2.75, 3.05) is 30.8 Å². The second-order valence-electron chi connectivity index (χ2n) is 5.64. The summed E-state index contributed by atoms with van der Waals surface area (Å²) in [6, 6.07) is 2.61. The SMILES string of the molecule is CSc1nccc(N2CCC(NCCCn3ccnn3)CC2)n1. The van der Waals surface area contributed by atoms with E-state index in [9.17, 15) is 0 Å². The summed E-state index contributed by atoms with van der Waals surface area (Å²) in [5.74, 6) is 1.05. The van der Waals surface area contributed by atoms with Crippen molar-refractivity contribution in [3.8, 4) is 0 Å². The Balaban J connectivity index is 1.38. The van der Waals surface area contributed by atoms with Crippen LogP contribution in [0.25, 0.3) is 0 Å². The summed E-state index contributed by atoms with van der Waals surface area (Å²) in [7, 11) is 0. The van der Waals surface area contributed by atoms with Gasteiger partial charge in [-0.05, 0) is 38.1 Å². The fraction of sp³-hybridized carbons (Fsp3) is 0.600. The van der Waals surface area contributed by atoms with Crippen LogP contribution in [0.2, 0.25) is 0 Å². The Labute approximate surface area is 140 Å². The van der Waals surface area contributed by atoms with E-state index in [1.165, 1.54) is 0 Å². The van der Waals surface area contributed by atoms with Gasteiger partial charge in [0.1, 0.15) is 5.82 Å². The summed E-state index contributed by atoms with van der Waals surface area (Å²) in [4.78, 5) is 11.2. The minimum Gasteiger partial charge on any atom is -0.356 e. The Morgan fingerprint density at radius 1 is 1.30 bits per heavy atom. The molecule has 7 nitrogen and oxygen atoms in total. The number of hydrogen-bond donors (Lipinski definition) is 1. The highest BCUT2D eigenvalue weighted by molar-refractivity contribution is 7.98. The van der Waals surface area contributed by atoms with Gasteiger partial charge in [0.05, 0.1) is 6.20 Å². The van der Waals surface area contributed by atoms with Gasteiger partial charge in [0.2, 0.25) is 0 Å². The Morgan fingerprint density at radius 3 is 2.91 bits per heavy atom. The summed E-state index contributed by atoms with van der Waals surface area (Å²) in [6.07, 6.45) is 10.9. The van der Waals surface area contributed by atoms with Gasteiger partial charge in [0.25, 0.3) is 0 Å². The second-order valence-corrected chi connectivity index (χ2v) is 6.41. The van der Waals surface area contributed by atoms with Gasteiger partial charge in [0.15, 0.2) is 5.16 Å². The van der Waals surface area contributed by atoms with Gasteiger partial charge in [-0.1, -0.05) is 17.0 Å². The van der Waals surface area contributed by atoms with Crippen molar-refractivity contribution in [2.24, 2.45) is 0 Å². The molecule has 0 unspecified atom stereocenters. The Morgan fingerprint density at radius 2 is 2.17 bits per heavy atom. The second kappa shape index (κ2) is 8.26. The standard InChI is InChI=1S/C15H23N7S/c1-23-15-17-7-3-14(19-15)21-10-4-13(5-11-21)16-6-2-9-22-12-8-18-20-22/h3,7-8,12-13,16H,2,4-6,9-11H2,1H3. The Hall–Kier alpha value is -1.67. The molecule has 23 heavy (non-hydrogen) atoms. The third kappa shape index (κ3) is 4.65. The van der Waals surface area contributed by atoms with Crippen LogP contribution in [0.3, 0.4) is 0 Å². The first kappa shape index (κ1) is 16.2. The van der Waals surface area contributed by atoms with Crippen LogP contribution in [0.15, 0.2) is 29.8 Å². The average Bonchev–Trinajstić information content (AvgIpc) is 3.13. The zero-order valence-electron chi connectivity index (χ0n) is 13.4. The molecule has 2 aromatic heterocycles. The zero-order chi connectivity index (χ0) is 15.9. The molecule has 2 aromatic rings. The molecule has 3 heterocycles. The zero-order valence-corrected chi connectivity index (χ0v) is 14.2. The van der Waals surface area contributed by atoms with Crippen molar-refractivity contribution in [3.63, 3.8) is 0 Å². The Kier molecular flexibility index (Phi) is 5.82. The number of aromatic nitrogens is 5. The lowest BCUT2D eigenvalue weighted by Gasteiger charge is -2.33. The molecule has 1 aliphatic heterocycles. The minimum atomic E-state index is 0.601. The first-order valence-corrected chi connectivity index (χ1v) is 9.27. The third-order valence-corrected chi connectivity index (χ3v) is 4.65. The lowest BCUT2D eigenvalue weighted by molar-refractivity contribution is 0.402. The monoisotopic (exact) mass is 333 g/mol. The highest BCUT2D eigenvalue weighted by Crippen LogP contribution is 2.19. The van der Waals surface area contributed by atoms with Crippen molar-refractivity contribution in [1.82, 2.24) is 30.3 Å². The van der Waals surface area contributed by atoms with Gasteiger partial charge >= 0.3 is 0 Å². The summed E-state index contributed by atoms with van der Waals surface area (Å²) in [5.41, 5.74) is 0. The molecule has 1 aliphatic rings. The molecule has 0 spiro atoms. The average molecular weight is 333 g/mol. The highest BCUT2D eigenvalue weighted by atomic mass is 32.2. The molecule has 1 fully saturated rings. The van der Waals surface area contributed by atoms with E-state index in [-0.39, 0.29) is 0 Å². The maximum atomic E-state index is 4.59. The fourth-order valence-corrected chi connectivity index (χ4v) is 3.17. The molecular formula is C15H23N7S. The largest absolute Gasteiger partial charge is 0.356 e. The van der Waals surface area contributed by atoms with Gasteiger partial charge in [-0.25, -0.2) is 9.97 Å². The van der Waals surface area contributed by atoms with Crippen LogP contribution in [-0.4, -0.2) is 56.9 Å². The molecule has 0 bridgehead atoms. The molecule has 8 heteroatoms. The molecular weight excluding hydrogens is 310 g/mol. The number of nitrogens with zero attached hydrogens (tertiary/aromatic N) is 6. The van der Waals surface area contributed by atoms with Crippen molar-refractivity contribution in [1.29, 1.82) is 0 Å². The molecule has 124 valence electrons. The molecule has 0 saturated carbocycles. The van der Waals surface area contributed by atoms with Crippen molar-refractivity contribution in [3.05, 3.63) is 24.7 Å². The summed E-state index contributed by atoms with van der Waals surface area (Å²) < 4.78 is 1.88. The molecule has 1 saturated heterocycles.